The Hall–Kier alpha value is -3.06. The summed E-state index contributed by atoms with van der Waals surface area (Å²) in [6.45, 7) is 2.14. The zero-order chi connectivity index (χ0) is 17.8. The fraction of sp³-hybridized carbons (Fsp3) is 0.120. The van der Waals surface area contributed by atoms with Crippen LogP contribution in [-0.4, -0.2) is 0 Å². The molecule has 3 aromatic rings. The maximum absolute atomic E-state index is 2.33. The monoisotopic (exact) mass is 337 g/mol. The average Bonchev–Trinajstić information content (AvgIpc) is 2.70. The van der Waals surface area contributed by atoms with Crippen molar-refractivity contribution in [3.8, 4) is 11.1 Å². The van der Waals surface area contributed by atoms with Crippen LogP contribution in [0.3, 0.4) is 0 Å². The van der Waals surface area contributed by atoms with Crippen molar-refractivity contribution in [1.29, 1.82) is 0 Å². The lowest BCUT2D eigenvalue weighted by atomic mass is 10.0. The molecule has 0 unspecified atom stereocenters. The van der Waals surface area contributed by atoms with Gasteiger partial charge >= 0.3 is 0 Å². The molecule has 0 atom stereocenters. The van der Waals surface area contributed by atoms with Crippen LogP contribution in [0.1, 0.15) is 18.4 Å². The highest BCUT2D eigenvalue weighted by Crippen LogP contribution is 2.33. The van der Waals surface area contributed by atoms with Crippen molar-refractivity contribution in [2.24, 2.45) is 0 Å². The minimum Gasteiger partial charge on any atom is -0.311 e. The van der Waals surface area contributed by atoms with Crippen molar-refractivity contribution in [1.82, 2.24) is 0 Å². The molecule has 4 rings (SSSR count). The third-order valence-electron chi connectivity index (χ3n) is 4.72. The first-order valence-electron chi connectivity index (χ1n) is 9.20. The van der Waals surface area contributed by atoms with Gasteiger partial charge in [-0.25, -0.2) is 0 Å². The first kappa shape index (κ1) is 16.4. The van der Waals surface area contributed by atoms with Crippen molar-refractivity contribution in [2.75, 3.05) is 4.90 Å². The molecule has 1 nitrogen and oxygen atoms in total. The molecule has 0 aliphatic heterocycles. The summed E-state index contributed by atoms with van der Waals surface area (Å²) in [5.41, 5.74) is 7.41. The molecule has 0 N–H and O–H groups in total. The first-order chi connectivity index (χ1) is 12.8. The number of nitrogens with zero attached hydrogens (tertiary/aromatic N) is 1. The third-order valence-corrected chi connectivity index (χ3v) is 4.72. The molecule has 26 heavy (non-hydrogen) atoms. The first-order valence-corrected chi connectivity index (χ1v) is 9.20. The molecule has 0 amide bonds. The molecule has 128 valence electrons. The van der Waals surface area contributed by atoms with Gasteiger partial charge in [0.15, 0.2) is 0 Å². The van der Waals surface area contributed by atoms with E-state index in [1.807, 2.05) is 0 Å². The van der Waals surface area contributed by atoms with Crippen LogP contribution in [0.4, 0.5) is 11.4 Å². The molecule has 0 fully saturated rings. The van der Waals surface area contributed by atoms with Gasteiger partial charge in [0.25, 0.3) is 0 Å². The molecule has 0 radical (unpaired) electrons. The van der Waals surface area contributed by atoms with Crippen LogP contribution in [0.25, 0.3) is 11.1 Å². The Morgan fingerprint density at radius 3 is 2.15 bits per heavy atom. The summed E-state index contributed by atoms with van der Waals surface area (Å²) in [7, 11) is 0. The quantitative estimate of drug-likeness (QED) is 0.494. The van der Waals surface area contributed by atoms with E-state index < -0.39 is 0 Å². The van der Waals surface area contributed by atoms with E-state index >= 15 is 0 Å². The molecule has 0 saturated heterocycles. The molecule has 1 aliphatic rings. The van der Waals surface area contributed by atoms with E-state index in [9.17, 15) is 0 Å². The Kier molecular flexibility index (Phi) is 4.70. The molecule has 0 heterocycles. The van der Waals surface area contributed by atoms with E-state index in [0.29, 0.717) is 0 Å². The normalized spacial score (nSPS) is 13.3. The summed E-state index contributed by atoms with van der Waals surface area (Å²) in [6.07, 6.45) is 9.02. The third kappa shape index (κ3) is 3.48. The Morgan fingerprint density at radius 2 is 1.46 bits per heavy atom. The second kappa shape index (κ2) is 7.45. The number of allylic oxidation sites excluding steroid dienone is 3. The maximum Gasteiger partial charge on any atom is 0.0461 e. The zero-order valence-electron chi connectivity index (χ0n) is 15.1. The van der Waals surface area contributed by atoms with Crippen LogP contribution in [-0.2, 0) is 0 Å². The van der Waals surface area contributed by atoms with Gasteiger partial charge < -0.3 is 4.90 Å². The highest BCUT2D eigenvalue weighted by Gasteiger charge is 2.14. The van der Waals surface area contributed by atoms with Crippen LogP contribution in [0.5, 0.6) is 0 Å². The van der Waals surface area contributed by atoms with Gasteiger partial charge in [0.05, 0.1) is 0 Å². The summed E-state index contributed by atoms with van der Waals surface area (Å²) in [4.78, 5) is 2.33. The summed E-state index contributed by atoms with van der Waals surface area (Å²) in [5.74, 6) is 0. The van der Waals surface area contributed by atoms with Gasteiger partial charge in [0.2, 0.25) is 0 Å². The van der Waals surface area contributed by atoms with E-state index in [1.54, 1.807) is 0 Å². The summed E-state index contributed by atoms with van der Waals surface area (Å²) >= 11 is 0. The van der Waals surface area contributed by atoms with E-state index in [-0.39, 0.29) is 0 Å². The summed E-state index contributed by atoms with van der Waals surface area (Å²) in [5, 5.41) is 0. The van der Waals surface area contributed by atoms with Crippen LogP contribution in [0.15, 0.2) is 103 Å². The topological polar surface area (TPSA) is 3.24 Å². The zero-order valence-corrected chi connectivity index (χ0v) is 15.1. The number of aryl methyl sites for hydroxylation is 1. The smallest absolute Gasteiger partial charge is 0.0461 e. The second-order valence-electron chi connectivity index (χ2n) is 6.70. The number of anilines is 2. The standard InChI is InChI=1S/C25H23N/c1-20-9-8-10-22(19-20)21-15-17-25(18-16-21)26(23-11-4-2-5-12-23)24-13-6-3-7-14-24/h2,4-6,8-19H,3,7H2,1H3. The van der Waals surface area contributed by atoms with E-state index in [1.165, 1.54) is 33.8 Å². The van der Waals surface area contributed by atoms with Crippen molar-refractivity contribution < 1.29 is 0 Å². The van der Waals surface area contributed by atoms with Gasteiger partial charge in [-0.05, 0) is 61.2 Å². The summed E-state index contributed by atoms with van der Waals surface area (Å²) in [6, 6.07) is 28.1. The SMILES string of the molecule is Cc1cccc(-c2ccc(N(C3=CCCC=C3)c3ccccc3)cc2)c1. The van der Waals surface area contributed by atoms with Crippen molar-refractivity contribution in [3.05, 3.63) is 108 Å². The Bertz CT molecular complexity index is 933. The van der Waals surface area contributed by atoms with Gasteiger partial charge in [0.1, 0.15) is 0 Å². The van der Waals surface area contributed by atoms with Crippen LogP contribution in [0.2, 0.25) is 0 Å². The molecule has 0 bridgehead atoms. The molecular weight excluding hydrogens is 314 g/mol. The number of rotatable bonds is 4. The van der Waals surface area contributed by atoms with Gasteiger partial charge in [-0.1, -0.05) is 72.3 Å². The molecule has 1 heteroatoms. The highest BCUT2D eigenvalue weighted by molar-refractivity contribution is 5.73. The molecule has 0 spiro atoms. The summed E-state index contributed by atoms with van der Waals surface area (Å²) < 4.78 is 0. The highest BCUT2D eigenvalue weighted by atomic mass is 15.1. The van der Waals surface area contributed by atoms with Crippen molar-refractivity contribution >= 4 is 11.4 Å². The molecular formula is C25H23N. The predicted octanol–water partition coefficient (Wildman–Crippen LogP) is 7.03. The van der Waals surface area contributed by atoms with E-state index in [4.69, 9.17) is 0 Å². The Morgan fingerprint density at radius 1 is 0.692 bits per heavy atom. The lowest BCUT2D eigenvalue weighted by Crippen LogP contribution is -2.16. The fourth-order valence-electron chi connectivity index (χ4n) is 3.42. The number of benzene rings is 3. The van der Waals surface area contributed by atoms with Crippen LogP contribution in [0, 0.1) is 6.92 Å². The molecule has 3 aromatic carbocycles. The van der Waals surface area contributed by atoms with Crippen LogP contribution >= 0.6 is 0 Å². The predicted molar refractivity (Wildman–Crippen MR) is 112 cm³/mol. The number of para-hydroxylation sites is 1. The van der Waals surface area contributed by atoms with E-state index in [2.05, 4.69) is 109 Å². The van der Waals surface area contributed by atoms with Gasteiger partial charge in [0, 0.05) is 17.1 Å². The molecule has 0 aromatic heterocycles. The maximum atomic E-state index is 2.33. The van der Waals surface area contributed by atoms with Gasteiger partial charge in [-0.3, -0.25) is 0 Å². The average molecular weight is 337 g/mol. The van der Waals surface area contributed by atoms with Crippen LogP contribution < -0.4 is 4.90 Å². The lowest BCUT2D eigenvalue weighted by Gasteiger charge is -2.27. The van der Waals surface area contributed by atoms with Gasteiger partial charge in [-0.15, -0.1) is 0 Å². The molecule has 1 aliphatic carbocycles. The lowest BCUT2D eigenvalue weighted by molar-refractivity contribution is 0.997. The second-order valence-corrected chi connectivity index (χ2v) is 6.70. The Labute approximate surface area is 155 Å². The number of hydrogen-bond donors (Lipinski definition) is 0. The number of hydrogen-bond acceptors (Lipinski definition) is 1. The van der Waals surface area contributed by atoms with Crippen molar-refractivity contribution in [3.63, 3.8) is 0 Å². The van der Waals surface area contributed by atoms with Gasteiger partial charge in [-0.2, -0.15) is 0 Å². The van der Waals surface area contributed by atoms with Crippen molar-refractivity contribution in [2.45, 2.75) is 19.8 Å². The minimum atomic E-state index is 1.09. The van der Waals surface area contributed by atoms with E-state index in [0.717, 1.165) is 12.8 Å². The molecule has 0 saturated carbocycles. The largest absolute Gasteiger partial charge is 0.311 e. The minimum absolute atomic E-state index is 1.09. The Balaban J connectivity index is 1.72. The fourth-order valence-corrected chi connectivity index (χ4v) is 3.42.